The van der Waals surface area contributed by atoms with Gasteiger partial charge in [-0.2, -0.15) is 0 Å². The number of amides is 2. The molecule has 1 aromatic rings. The van der Waals surface area contributed by atoms with Crippen LogP contribution in [0, 0.1) is 0 Å². The summed E-state index contributed by atoms with van der Waals surface area (Å²) in [6.07, 6.45) is 0.491. The smallest absolute Gasteiger partial charge is 0.315 e. The highest BCUT2D eigenvalue weighted by atomic mass is 79.9. The van der Waals surface area contributed by atoms with Gasteiger partial charge in [0.2, 0.25) is 0 Å². The van der Waals surface area contributed by atoms with Gasteiger partial charge in [-0.15, -0.1) is 0 Å². The lowest BCUT2D eigenvalue weighted by Crippen LogP contribution is -2.42. The molecule has 5 nitrogen and oxygen atoms in total. The zero-order chi connectivity index (χ0) is 13.9. The van der Waals surface area contributed by atoms with Gasteiger partial charge in [-0.3, -0.25) is 0 Å². The second-order valence-corrected chi connectivity index (χ2v) is 7.60. The minimum Gasteiger partial charge on any atom is -0.334 e. The van der Waals surface area contributed by atoms with Crippen LogP contribution < -0.4 is 10.6 Å². The lowest BCUT2D eigenvalue weighted by atomic mass is 10.2. The lowest BCUT2D eigenvalue weighted by molar-refractivity contribution is 0.237. The first-order chi connectivity index (χ1) is 8.96. The average Bonchev–Trinajstić information content (AvgIpc) is 2.67. The summed E-state index contributed by atoms with van der Waals surface area (Å²) in [7, 11) is -2.96. The molecule has 0 spiro atoms. The van der Waals surface area contributed by atoms with Crippen molar-refractivity contribution in [3.05, 3.63) is 34.3 Å². The average molecular weight is 347 g/mol. The summed E-state index contributed by atoms with van der Waals surface area (Å²) < 4.78 is 23.5. The summed E-state index contributed by atoms with van der Waals surface area (Å²) >= 11 is 3.40. The number of halogens is 1. The van der Waals surface area contributed by atoms with E-state index >= 15 is 0 Å². The molecule has 0 aromatic heterocycles. The Morgan fingerprint density at radius 1 is 1.37 bits per heavy atom. The zero-order valence-corrected chi connectivity index (χ0v) is 12.6. The van der Waals surface area contributed by atoms with Gasteiger partial charge in [0.15, 0.2) is 9.84 Å². The number of rotatable bonds is 3. The molecule has 1 aliphatic heterocycles. The molecule has 1 fully saturated rings. The maximum absolute atomic E-state index is 11.7. The first-order valence-electron chi connectivity index (χ1n) is 5.94. The van der Waals surface area contributed by atoms with E-state index in [4.69, 9.17) is 0 Å². The molecule has 1 atom stereocenters. The summed E-state index contributed by atoms with van der Waals surface area (Å²) in [6.45, 7) is 0.396. The van der Waals surface area contributed by atoms with Crippen LogP contribution in [0.4, 0.5) is 4.79 Å². The minimum atomic E-state index is -2.96. The van der Waals surface area contributed by atoms with E-state index in [0.29, 0.717) is 13.0 Å². The van der Waals surface area contributed by atoms with Crippen molar-refractivity contribution in [1.29, 1.82) is 0 Å². The number of urea groups is 1. The Morgan fingerprint density at radius 2 is 2.11 bits per heavy atom. The number of nitrogens with one attached hydrogen (secondary N) is 2. The van der Waals surface area contributed by atoms with Crippen molar-refractivity contribution in [3.8, 4) is 0 Å². The van der Waals surface area contributed by atoms with Crippen LogP contribution in [0.3, 0.4) is 0 Å². The Balaban J connectivity index is 1.81. The van der Waals surface area contributed by atoms with Crippen molar-refractivity contribution >= 4 is 31.8 Å². The van der Waals surface area contributed by atoms with E-state index in [1.54, 1.807) is 0 Å². The molecule has 2 amide bonds. The third kappa shape index (κ3) is 4.21. The van der Waals surface area contributed by atoms with Gasteiger partial charge in [-0.05, 0) is 18.1 Å². The Morgan fingerprint density at radius 3 is 2.74 bits per heavy atom. The highest BCUT2D eigenvalue weighted by molar-refractivity contribution is 9.10. The molecule has 7 heteroatoms. The van der Waals surface area contributed by atoms with Crippen LogP contribution in [0.5, 0.6) is 0 Å². The molecule has 19 heavy (non-hydrogen) atoms. The zero-order valence-electron chi connectivity index (χ0n) is 10.2. The second kappa shape index (κ2) is 5.92. The normalized spacial score (nSPS) is 21.0. The van der Waals surface area contributed by atoms with Crippen molar-refractivity contribution in [1.82, 2.24) is 10.6 Å². The van der Waals surface area contributed by atoms with Crippen molar-refractivity contribution in [3.63, 3.8) is 0 Å². The maximum Gasteiger partial charge on any atom is 0.315 e. The van der Waals surface area contributed by atoms with E-state index in [1.807, 2.05) is 24.3 Å². The Hall–Kier alpha value is -1.08. The van der Waals surface area contributed by atoms with Gasteiger partial charge in [0.05, 0.1) is 11.5 Å². The highest BCUT2D eigenvalue weighted by Crippen LogP contribution is 2.15. The van der Waals surface area contributed by atoms with E-state index in [0.717, 1.165) is 10.0 Å². The van der Waals surface area contributed by atoms with Gasteiger partial charge in [-0.1, -0.05) is 34.1 Å². The van der Waals surface area contributed by atoms with Crippen LogP contribution in [0.25, 0.3) is 0 Å². The molecule has 0 aliphatic carbocycles. The Bertz CT molecular complexity index is 574. The highest BCUT2D eigenvalue weighted by Gasteiger charge is 2.28. The topological polar surface area (TPSA) is 75.3 Å². The quantitative estimate of drug-likeness (QED) is 0.869. The monoisotopic (exact) mass is 346 g/mol. The molecule has 0 radical (unpaired) electrons. The molecule has 1 aliphatic rings. The summed E-state index contributed by atoms with van der Waals surface area (Å²) in [5.41, 5.74) is 0.969. The molecular formula is C12H15BrN2O3S. The Kier molecular flexibility index (Phi) is 4.46. The largest absolute Gasteiger partial charge is 0.334 e. The van der Waals surface area contributed by atoms with Gasteiger partial charge >= 0.3 is 6.03 Å². The van der Waals surface area contributed by atoms with Crippen LogP contribution >= 0.6 is 15.9 Å². The first-order valence-corrected chi connectivity index (χ1v) is 8.56. The van der Waals surface area contributed by atoms with Gasteiger partial charge in [0, 0.05) is 17.1 Å². The van der Waals surface area contributed by atoms with Crippen molar-refractivity contribution in [2.45, 2.75) is 19.0 Å². The molecule has 0 saturated carbocycles. The molecule has 1 unspecified atom stereocenters. The standard InChI is InChI=1S/C12H15BrN2O3S/c13-11-4-2-1-3-9(11)7-14-12(16)15-10-5-6-19(17,18)8-10/h1-4,10H,5-8H2,(H2,14,15,16). The van der Waals surface area contributed by atoms with Crippen LogP contribution in [0.2, 0.25) is 0 Å². The van der Waals surface area contributed by atoms with Crippen LogP contribution in [-0.2, 0) is 16.4 Å². The van der Waals surface area contributed by atoms with Gasteiger partial charge in [-0.25, -0.2) is 13.2 Å². The lowest BCUT2D eigenvalue weighted by Gasteiger charge is -2.12. The predicted molar refractivity (Wildman–Crippen MR) is 76.6 cm³/mol. The minimum absolute atomic E-state index is 0.0372. The number of carbonyl (C=O) groups excluding carboxylic acids is 1. The van der Waals surface area contributed by atoms with Crippen molar-refractivity contribution < 1.29 is 13.2 Å². The summed E-state index contributed by atoms with van der Waals surface area (Å²) in [6, 6.07) is 6.99. The number of sulfone groups is 1. The van der Waals surface area contributed by atoms with E-state index in [1.165, 1.54) is 0 Å². The summed E-state index contributed by atoms with van der Waals surface area (Å²) in [5.74, 6) is 0.192. The molecular weight excluding hydrogens is 332 g/mol. The third-order valence-corrected chi connectivity index (χ3v) is 5.51. The second-order valence-electron chi connectivity index (χ2n) is 4.52. The fourth-order valence-corrected chi connectivity index (χ4v) is 4.06. The van der Waals surface area contributed by atoms with E-state index in [9.17, 15) is 13.2 Å². The fourth-order valence-electron chi connectivity index (χ4n) is 1.96. The SMILES string of the molecule is O=C(NCc1ccccc1Br)NC1CCS(=O)(=O)C1. The molecule has 1 heterocycles. The van der Waals surface area contributed by atoms with E-state index < -0.39 is 9.84 Å². The van der Waals surface area contributed by atoms with Crippen LogP contribution in [0.1, 0.15) is 12.0 Å². The first kappa shape index (κ1) is 14.3. The van der Waals surface area contributed by atoms with E-state index in [-0.39, 0.29) is 23.6 Å². The fraction of sp³-hybridized carbons (Fsp3) is 0.417. The molecule has 2 rings (SSSR count). The van der Waals surface area contributed by atoms with Crippen LogP contribution in [-0.4, -0.2) is 32.0 Å². The van der Waals surface area contributed by atoms with E-state index in [2.05, 4.69) is 26.6 Å². The van der Waals surface area contributed by atoms with Gasteiger partial charge in [0.25, 0.3) is 0 Å². The number of benzene rings is 1. The van der Waals surface area contributed by atoms with Gasteiger partial charge in [0.1, 0.15) is 0 Å². The number of hydrogen-bond donors (Lipinski definition) is 2. The third-order valence-electron chi connectivity index (χ3n) is 2.96. The maximum atomic E-state index is 11.7. The number of carbonyl (C=O) groups is 1. The number of hydrogen-bond acceptors (Lipinski definition) is 3. The predicted octanol–water partition coefficient (Wildman–Crippen LogP) is 1.44. The molecule has 104 valence electrons. The molecule has 2 N–H and O–H groups in total. The van der Waals surface area contributed by atoms with Crippen molar-refractivity contribution in [2.24, 2.45) is 0 Å². The summed E-state index contributed by atoms with van der Waals surface area (Å²) in [4.78, 5) is 11.7. The summed E-state index contributed by atoms with van der Waals surface area (Å²) in [5, 5.41) is 5.40. The van der Waals surface area contributed by atoms with Crippen LogP contribution in [0.15, 0.2) is 28.7 Å². The van der Waals surface area contributed by atoms with Crippen molar-refractivity contribution in [2.75, 3.05) is 11.5 Å². The molecule has 1 aromatic carbocycles. The molecule has 0 bridgehead atoms. The Labute approximate surface area is 120 Å². The van der Waals surface area contributed by atoms with Gasteiger partial charge < -0.3 is 10.6 Å². The molecule has 1 saturated heterocycles.